The van der Waals surface area contributed by atoms with Crippen LogP contribution < -0.4 is 20.3 Å². The number of fused-ring (bicyclic) bond motifs is 6. The lowest BCUT2D eigenvalue weighted by Crippen LogP contribution is -2.44. The molecule has 2 aromatic heterocycles. The number of aryl methyl sites for hydroxylation is 1. The molecule has 0 spiro atoms. The van der Waals surface area contributed by atoms with E-state index in [0.717, 1.165) is 41.4 Å². The van der Waals surface area contributed by atoms with E-state index >= 15 is 0 Å². The molecule has 3 aliphatic rings. The molecule has 0 amide bonds. The SMILES string of the molecule is CC[C@@]1(O)C(=O)OCc2c1cc1n(c2=O)Cc2c-1nc1cc3c(cc1c2CCCNC)OCO3. The van der Waals surface area contributed by atoms with Gasteiger partial charge in [0.05, 0.1) is 29.0 Å². The van der Waals surface area contributed by atoms with Gasteiger partial charge in [-0.15, -0.1) is 0 Å². The van der Waals surface area contributed by atoms with Crippen molar-refractivity contribution in [2.24, 2.45) is 0 Å². The van der Waals surface area contributed by atoms with Gasteiger partial charge in [-0.1, -0.05) is 6.92 Å². The van der Waals surface area contributed by atoms with Crippen LogP contribution in [0.15, 0.2) is 23.0 Å². The van der Waals surface area contributed by atoms with E-state index in [0.29, 0.717) is 40.6 Å². The number of cyclic esters (lactones) is 1. The number of pyridine rings is 2. The van der Waals surface area contributed by atoms with Crippen LogP contribution >= 0.6 is 0 Å². The van der Waals surface area contributed by atoms with Gasteiger partial charge >= 0.3 is 5.97 Å². The normalized spacial score (nSPS) is 19.7. The highest BCUT2D eigenvalue weighted by Crippen LogP contribution is 2.43. The van der Waals surface area contributed by atoms with Crippen LogP contribution in [-0.4, -0.2) is 41.0 Å². The number of carbonyl (C=O) groups excluding carboxylic acids is 1. The van der Waals surface area contributed by atoms with Gasteiger partial charge in [-0.2, -0.15) is 0 Å². The summed E-state index contributed by atoms with van der Waals surface area (Å²) in [4.78, 5) is 30.9. The van der Waals surface area contributed by atoms with Crippen molar-refractivity contribution >= 4 is 16.9 Å². The molecule has 3 aromatic rings. The van der Waals surface area contributed by atoms with Gasteiger partial charge in [0.25, 0.3) is 5.56 Å². The molecular weight excluding hydrogens is 438 g/mol. The van der Waals surface area contributed by atoms with Crippen LogP contribution in [0.1, 0.15) is 42.0 Å². The Morgan fingerprint density at radius 1 is 1.15 bits per heavy atom. The minimum Gasteiger partial charge on any atom is -0.458 e. The quantitative estimate of drug-likeness (QED) is 0.341. The molecule has 1 aromatic carbocycles. The van der Waals surface area contributed by atoms with Crippen molar-refractivity contribution in [3.8, 4) is 22.9 Å². The lowest BCUT2D eigenvalue weighted by Gasteiger charge is -2.31. The molecule has 0 radical (unpaired) electrons. The Hall–Kier alpha value is -3.43. The first-order valence-corrected chi connectivity index (χ1v) is 11.5. The maximum Gasteiger partial charge on any atom is 0.343 e. The Morgan fingerprint density at radius 2 is 1.94 bits per heavy atom. The van der Waals surface area contributed by atoms with Gasteiger partial charge in [-0.05, 0) is 50.6 Å². The van der Waals surface area contributed by atoms with Gasteiger partial charge in [-0.3, -0.25) is 4.79 Å². The first-order valence-electron chi connectivity index (χ1n) is 11.5. The number of nitrogens with one attached hydrogen (secondary N) is 1. The number of aromatic nitrogens is 2. The fourth-order valence-corrected chi connectivity index (χ4v) is 5.28. The van der Waals surface area contributed by atoms with Gasteiger partial charge in [0.2, 0.25) is 6.79 Å². The highest BCUT2D eigenvalue weighted by atomic mass is 16.7. The average molecular weight is 463 g/mol. The molecule has 0 aliphatic carbocycles. The molecule has 9 heteroatoms. The summed E-state index contributed by atoms with van der Waals surface area (Å²) >= 11 is 0. The molecule has 0 unspecified atom stereocenters. The summed E-state index contributed by atoms with van der Waals surface area (Å²) in [5, 5.41) is 15.3. The molecule has 34 heavy (non-hydrogen) atoms. The topological polar surface area (TPSA) is 112 Å². The van der Waals surface area contributed by atoms with Crippen molar-refractivity contribution in [2.75, 3.05) is 20.4 Å². The van der Waals surface area contributed by atoms with Crippen molar-refractivity contribution in [2.45, 2.75) is 44.9 Å². The van der Waals surface area contributed by atoms with Crippen molar-refractivity contribution in [3.63, 3.8) is 0 Å². The predicted octanol–water partition coefficient (Wildman–Crippen LogP) is 1.96. The average Bonchev–Trinajstić information content (AvgIpc) is 3.44. The van der Waals surface area contributed by atoms with Crippen molar-refractivity contribution < 1.29 is 24.1 Å². The van der Waals surface area contributed by atoms with Crippen molar-refractivity contribution in [1.29, 1.82) is 0 Å². The molecule has 0 bridgehead atoms. The van der Waals surface area contributed by atoms with Crippen LogP contribution in [0, 0.1) is 0 Å². The number of benzene rings is 1. The molecule has 2 N–H and O–H groups in total. The van der Waals surface area contributed by atoms with E-state index in [-0.39, 0.29) is 25.4 Å². The van der Waals surface area contributed by atoms with Gasteiger partial charge in [-0.25, -0.2) is 9.78 Å². The molecule has 0 fully saturated rings. The fourth-order valence-electron chi connectivity index (χ4n) is 5.28. The minimum absolute atomic E-state index is 0.110. The first kappa shape index (κ1) is 21.1. The van der Waals surface area contributed by atoms with Crippen LogP contribution in [0.3, 0.4) is 0 Å². The zero-order chi connectivity index (χ0) is 23.6. The van der Waals surface area contributed by atoms with Crippen molar-refractivity contribution in [1.82, 2.24) is 14.9 Å². The van der Waals surface area contributed by atoms with E-state index in [2.05, 4.69) is 5.32 Å². The number of ether oxygens (including phenoxy) is 3. The molecule has 0 saturated heterocycles. The van der Waals surface area contributed by atoms with Gasteiger partial charge in [0.15, 0.2) is 17.1 Å². The van der Waals surface area contributed by atoms with E-state index in [9.17, 15) is 14.7 Å². The molecule has 5 heterocycles. The number of aliphatic hydroxyl groups is 1. The fraction of sp³-hybridized carbons (Fsp3) is 0.400. The monoisotopic (exact) mass is 463 g/mol. The molecule has 9 nitrogen and oxygen atoms in total. The Bertz CT molecular complexity index is 1430. The minimum atomic E-state index is -1.84. The third kappa shape index (κ3) is 2.83. The van der Waals surface area contributed by atoms with Crippen LogP contribution in [0.25, 0.3) is 22.3 Å². The molecule has 6 rings (SSSR count). The summed E-state index contributed by atoms with van der Waals surface area (Å²) < 4.78 is 18.0. The molecule has 176 valence electrons. The molecule has 0 saturated carbocycles. The molecular formula is C25H25N3O6. The first-order chi connectivity index (χ1) is 16.5. The standard InChI is InChI=1S/C25H25N3O6/c1-3-25(31)17-8-19-22-15(10-28(19)23(29)16(17)11-32-24(25)30)13(5-4-6-26-2)14-7-20-21(34-12-33-20)9-18(14)27-22/h7-9,26,31H,3-6,10-12H2,1-2H3/t25-/m0/s1. The number of hydrogen-bond donors (Lipinski definition) is 2. The van der Waals surface area contributed by atoms with E-state index in [1.54, 1.807) is 17.6 Å². The second-order valence-electron chi connectivity index (χ2n) is 8.95. The third-order valence-electron chi connectivity index (χ3n) is 7.15. The largest absolute Gasteiger partial charge is 0.458 e. The highest BCUT2D eigenvalue weighted by Gasteiger charge is 2.45. The maximum atomic E-state index is 13.5. The summed E-state index contributed by atoms with van der Waals surface area (Å²) in [7, 11) is 1.92. The smallest absolute Gasteiger partial charge is 0.343 e. The van der Waals surface area contributed by atoms with E-state index in [4.69, 9.17) is 19.2 Å². The predicted molar refractivity (Wildman–Crippen MR) is 123 cm³/mol. The van der Waals surface area contributed by atoms with Crippen LogP contribution in [0.5, 0.6) is 11.5 Å². The Morgan fingerprint density at radius 3 is 2.71 bits per heavy atom. The second-order valence-corrected chi connectivity index (χ2v) is 8.95. The Labute approximate surface area is 195 Å². The van der Waals surface area contributed by atoms with Gasteiger partial charge in [0.1, 0.15) is 6.61 Å². The zero-order valence-electron chi connectivity index (χ0n) is 19.1. The third-order valence-corrected chi connectivity index (χ3v) is 7.15. The highest BCUT2D eigenvalue weighted by molar-refractivity contribution is 5.91. The van der Waals surface area contributed by atoms with E-state index in [1.807, 2.05) is 19.2 Å². The maximum absolute atomic E-state index is 13.5. The van der Waals surface area contributed by atoms with E-state index in [1.165, 1.54) is 0 Å². The van der Waals surface area contributed by atoms with Crippen LogP contribution in [0.2, 0.25) is 0 Å². The van der Waals surface area contributed by atoms with Crippen LogP contribution in [0.4, 0.5) is 0 Å². The van der Waals surface area contributed by atoms with Crippen LogP contribution in [-0.2, 0) is 34.7 Å². The summed E-state index contributed by atoms with van der Waals surface area (Å²) in [5.74, 6) is 0.609. The lowest BCUT2D eigenvalue weighted by molar-refractivity contribution is -0.172. The second kappa shape index (κ2) is 7.54. The van der Waals surface area contributed by atoms with Gasteiger partial charge < -0.3 is 29.2 Å². The molecule has 3 aliphatic heterocycles. The number of hydrogen-bond acceptors (Lipinski definition) is 8. The summed E-state index contributed by atoms with van der Waals surface area (Å²) in [6.07, 6.45) is 1.82. The Balaban J connectivity index is 1.60. The summed E-state index contributed by atoms with van der Waals surface area (Å²) in [6.45, 7) is 2.96. The Kier molecular flexibility index (Phi) is 4.69. The van der Waals surface area contributed by atoms with E-state index < -0.39 is 11.6 Å². The number of esters is 1. The van der Waals surface area contributed by atoms with Crippen molar-refractivity contribution in [3.05, 3.63) is 50.8 Å². The number of carbonyl (C=O) groups is 1. The van der Waals surface area contributed by atoms with Gasteiger partial charge in [0, 0.05) is 22.6 Å². The number of rotatable bonds is 5. The lowest BCUT2D eigenvalue weighted by atomic mass is 9.86. The zero-order valence-corrected chi connectivity index (χ0v) is 19.1. The molecule has 1 atom stereocenters. The summed E-state index contributed by atoms with van der Waals surface area (Å²) in [5.41, 5.74) is 2.70. The summed E-state index contributed by atoms with van der Waals surface area (Å²) in [6, 6.07) is 5.59. The number of nitrogens with zero attached hydrogens (tertiary/aromatic N) is 2.